The monoisotopic (exact) mass is 337 g/mol. The molecule has 1 aromatic rings. The number of halogens is 1. The van der Waals surface area contributed by atoms with E-state index in [1.807, 2.05) is 13.8 Å². The number of sulfonamides is 1. The van der Waals surface area contributed by atoms with Crippen LogP contribution in [0.1, 0.15) is 27.2 Å². The van der Waals surface area contributed by atoms with Crippen molar-refractivity contribution in [2.45, 2.75) is 37.0 Å². The van der Waals surface area contributed by atoms with Crippen LogP contribution in [0.2, 0.25) is 0 Å². The van der Waals surface area contributed by atoms with Crippen LogP contribution in [0, 0.1) is 5.92 Å². The number of hydrogen-bond donors (Lipinski definition) is 0. The van der Waals surface area contributed by atoms with Crippen molar-refractivity contribution in [3.8, 4) is 0 Å². The lowest BCUT2D eigenvalue weighted by molar-refractivity contribution is 0.361. The Morgan fingerprint density at radius 1 is 1.05 bits per heavy atom. The first kappa shape index (κ1) is 18.1. The van der Waals surface area contributed by atoms with E-state index < -0.39 is 25.1 Å². The Morgan fingerprint density at radius 3 is 1.90 bits per heavy atom. The van der Waals surface area contributed by atoms with Crippen molar-refractivity contribution in [3.63, 3.8) is 0 Å². The van der Waals surface area contributed by atoms with Crippen LogP contribution >= 0.6 is 0 Å². The Balaban J connectivity index is 3.12. The fourth-order valence-electron chi connectivity index (χ4n) is 1.80. The normalized spacial score (nSPS) is 14.3. The van der Waals surface area contributed by atoms with Crippen LogP contribution in [0.5, 0.6) is 0 Å². The summed E-state index contributed by atoms with van der Waals surface area (Å²) in [5, 5.41) is 0. The van der Waals surface area contributed by atoms with Crippen LogP contribution < -0.4 is 0 Å². The van der Waals surface area contributed by atoms with Gasteiger partial charge in [0.15, 0.2) is 0 Å². The smallest absolute Gasteiger partial charge is 0.207 e. The third kappa shape index (κ3) is 4.49. The lowest BCUT2D eigenvalue weighted by Crippen LogP contribution is -2.34. The first-order chi connectivity index (χ1) is 9.62. The lowest BCUT2D eigenvalue weighted by atomic mass is 10.1. The highest BCUT2D eigenvalue weighted by Gasteiger charge is 2.25. The van der Waals surface area contributed by atoms with Gasteiger partial charge in [-0.25, -0.2) is 8.42 Å². The highest BCUT2D eigenvalue weighted by molar-refractivity contribution is 7.89. The molecule has 0 aliphatic rings. The van der Waals surface area contributed by atoms with Crippen LogP contribution in [0.4, 0.5) is 3.89 Å². The molecule has 0 saturated carbocycles. The molecule has 0 spiro atoms. The standard InChI is InChI=1S/C13H20FNO4S2/c1-4-11(3)10-15(5-2)21(18,19)13-8-6-12(7-9-13)20(14,16)17/h6-9,11H,4-5,10H2,1-3H3. The average molecular weight is 337 g/mol. The van der Waals surface area contributed by atoms with Crippen molar-refractivity contribution in [1.29, 1.82) is 0 Å². The molecule has 0 aromatic heterocycles. The van der Waals surface area contributed by atoms with Crippen LogP contribution in [0.3, 0.4) is 0 Å². The van der Waals surface area contributed by atoms with Gasteiger partial charge in [0.1, 0.15) is 0 Å². The van der Waals surface area contributed by atoms with Crippen molar-refractivity contribution in [2.75, 3.05) is 13.1 Å². The lowest BCUT2D eigenvalue weighted by Gasteiger charge is -2.23. The predicted octanol–water partition coefficient (Wildman–Crippen LogP) is 2.40. The summed E-state index contributed by atoms with van der Waals surface area (Å²) < 4.78 is 60.5. The largest absolute Gasteiger partial charge is 0.332 e. The van der Waals surface area contributed by atoms with Gasteiger partial charge in [-0.05, 0) is 30.2 Å². The minimum atomic E-state index is -4.82. The minimum Gasteiger partial charge on any atom is -0.207 e. The Kier molecular flexibility index (Phi) is 5.89. The van der Waals surface area contributed by atoms with Gasteiger partial charge in [0.05, 0.1) is 9.79 Å². The van der Waals surface area contributed by atoms with Crippen molar-refractivity contribution >= 4 is 20.2 Å². The predicted molar refractivity (Wildman–Crippen MR) is 78.6 cm³/mol. The summed E-state index contributed by atoms with van der Waals surface area (Å²) in [7, 11) is -8.52. The Bertz CT molecular complexity index is 669. The van der Waals surface area contributed by atoms with Crippen molar-refractivity contribution in [2.24, 2.45) is 5.92 Å². The molecule has 5 nitrogen and oxygen atoms in total. The summed E-state index contributed by atoms with van der Waals surface area (Å²) in [5.74, 6) is 0.213. The number of nitrogens with zero attached hydrogens (tertiary/aromatic N) is 1. The van der Waals surface area contributed by atoms with Gasteiger partial charge in [0.25, 0.3) is 0 Å². The molecule has 1 aromatic carbocycles. The summed E-state index contributed by atoms with van der Waals surface area (Å²) in [6.45, 7) is 6.37. The second kappa shape index (κ2) is 6.85. The third-order valence-corrected chi connectivity index (χ3v) is 6.10. The van der Waals surface area contributed by atoms with E-state index in [4.69, 9.17) is 0 Å². The molecule has 1 atom stereocenters. The summed E-state index contributed by atoms with van der Waals surface area (Å²) in [6.07, 6.45) is 0.852. The highest BCUT2D eigenvalue weighted by atomic mass is 32.3. The van der Waals surface area contributed by atoms with E-state index >= 15 is 0 Å². The minimum absolute atomic E-state index is 0.0416. The SMILES string of the molecule is CCC(C)CN(CC)S(=O)(=O)c1ccc(S(=O)(=O)F)cc1. The fraction of sp³-hybridized carbons (Fsp3) is 0.538. The molecule has 0 saturated heterocycles. The van der Waals surface area contributed by atoms with Gasteiger partial charge >= 0.3 is 10.2 Å². The molecule has 1 rings (SSSR count). The van der Waals surface area contributed by atoms with Gasteiger partial charge in [0, 0.05) is 13.1 Å². The molecule has 0 amide bonds. The van der Waals surface area contributed by atoms with E-state index in [0.29, 0.717) is 13.1 Å². The summed E-state index contributed by atoms with van der Waals surface area (Å²) in [6, 6.07) is 4.14. The molecule has 0 fully saturated rings. The second-order valence-electron chi connectivity index (χ2n) is 4.88. The maximum absolute atomic E-state index is 12.8. The number of rotatable bonds is 7. The van der Waals surface area contributed by atoms with Crippen LogP contribution in [-0.4, -0.2) is 34.2 Å². The zero-order chi connectivity index (χ0) is 16.3. The molecule has 120 valence electrons. The molecular weight excluding hydrogens is 317 g/mol. The summed E-state index contributed by atoms with van der Waals surface area (Å²) in [4.78, 5) is -0.591. The molecule has 0 bridgehead atoms. The molecule has 0 aliphatic heterocycles. The van der Waals surface area contributed by atoms with Crippen molar-refractivity contribution < 1.29 is 20.7 Å². The maximum atomic E-state index is 12.8. The van der Waals surface area contributed by atoms with Gasteiger partial charge in [-0.3, -0.25) is 0 Å². The van der Waals surface area contributed by atoms with Gasteiger partial charge in [-0.1, -0.05) is 27.2 Å². The van der Waals surface area contributed by atoms with Gasteiger partial charge in [-0.2, -0.15) is 12.7 Å². The maximum Gasteiger partial charge on any atom is 0.332 e. The first-order valence-electron chi connectivity index (χ1n) is 6.67. The average Bonchev–Trinajstić information content (AvgIpc) is 2.43. The van der Waals surface area contributed by atoms with E-state index in [-0.39, 0.29) is 10.8 Å². The van der Waals surface area contributed by atoms with Crippen LogP contribution in [-0.2, 0) is 20.2 Å². The van der Waals surface area contributed by atoms with Crippen molar-refractivity contribution in [1.82, 2.24) is 4.31 Å². The van der Waals surface area contributed by atoms with Gasteiger partial charge in [0.2, 0.25) is 10.0 Å². The van der Waals surface area contributed by atoms with Gasteiger partial charge < -0.3 is 0 Å². The van der Waals surface area contributed by atoms with E-state index in [9.17, 15) is 20.7 Å². The highest BCUT2D eigenvalue weighted by Crippen LogP contribution is 2.20. The fourth-order valence-corrected chi connectivity index (χ4v) is 3.83. The Hall–Kier alpha value is -0.990. The van der Waals surface area contributed by atoms with E-state index in [1.54, 1.807) is 6.92 Å². The molecule has 0 heterocycles. The topological polar surface area (TPSA) is 71.5 Å². The van der Waals surface area contributed by atoms with Crippen molar-refractivity contribution in [3.05, 3.63) is 24.3 Å². The molecule has 0 radical (unpaired) electrons. The quantitative estimate of drug-likeness (QED) is 0.716. The third-order valence-electron chi connectivity index (χ3n) is 3.31. The van der Waals surface area contributed by atoms with E-state index in [0.717, 1.165) is 30.7 Å². The molecule has 1 unspecified atom stereocenters. The number of benzene rings is 1. The summed E-state index contributed by atoms with van der Waals surface area (Å²) >= 11 is 0. The van der Waals surface area contributed by atoms with E-state index in [2.05, 4.69) is 0 Å². The van der Waals surface area contributed by atoms with Crippen LogP contribution in [0.25, 0.3) is 0 Å². The second-order valence-corrected chi connectivity index (χ2v) is 8.16. The molecular formula is C13H20FNO4S2. The summed E-state index contributed by atoms with van der Waals surface area (Å²) in [5.41, 5.74) is 0. The molecule has 0 aliphatic carbocycles. The first-order valence-corrected chi connectivity index (χ1v) is 9.50. The van der Waals surface area contributed by atoms with E-state index in [1.165, 1.54) is 4.31 Å². The Morgan fingerprint density at radius 2 is 1.52 bits per heavy atom. The zero-order valence-corrected chi connectivity index (χ0v) is 13.9. The number of hydrogen-bond acceptors (Lipinski definition) is 4. The van der Waals surface area contributed by atoms with Gasteiger partial charge in [-0.15, -0.1) is 3.89 Å². The van der Waals surface area contributed by atoms with Crippen LogP contribution in [0.15, 0.2) is 34.1 Å². The Labute approximate surface area is 126 Å². The molecule has 8 heteroatoms. The molecule has 21 heavy (non-hydrogen) atoms. The zero-order valence-electron chi connectivity index (χ0n) is 12.3. The molecule has 0 N–H and O–H groups in total.